The summed E-state index contributed by atoms with van der Waals surface area (Å²) in [4.78, 5) is 8.02. The molecule has 0 amide bonds. The van der Waals surface area contributed by atoms with E-state index in [1.165, 1.54) is 23.0 Å². The van der Waals surface area contributed by atoms with Crippen LogP contribution in [0.3, 0.4) is 0 Å². The number of fused-ring (bicyclic) bond motifs is 1. The SMILES string of the molecule is CP(C)(=O)c1ccc(-c2cc(F)c3cnc(N)nn23)nc1. The molecule has 0 aliphatic carbocycles. The molecular weight excluding hydrogens is 292 g/mol. The lowest BCUT2D eigenvalue weighted by atomic mass is 10.3. The van der Waals surface area contributed by atoms with Gasteiger partial charge in [0.05, 0.1) is 17.6 Å². The van der Waals surface area contributed by atoms with Gasteiger partial charge in [-0.05, 0) is 25.5 Å². The van der Waals surface area contributed by atoms with Crippen molar-refractivity contribution >= 4 is 23.9 Å². The molecule has 2 N–H and O–H groups in total. The standard InChI is InChI=1S/C13H13FN5OP/c1-21(2,20)8-3-4-10(16-6-8)11-5-9(14)12-7-17-13(15)18-19(11)12/h3-7H,1-2H3,(H2,15,18). The number of nitrogen functional groups attached to an aromatic ring is 1. The number of pyridine rings is 1. The van der Waals surface area contributed by atoms with Gasteiger partial charge < -0.3 is 10.3 Å². The van der Waals surface area contributed by atoms with E-state index in [1.54, 1.807) is 25.5 Å². The number of nitrogens with two attached hydrogens (primary N) is 1. The van der Waals surface area contributed by atoms with Gasteiger partial charge in [0.2, 0.25) is 5.95 Å². The van der Waals surface area contributed by atoms with Gasteiger partial charge in [-0.25, -0.2) is 13.9 Å². The first-order valence-corrected chi connectivity index (χ1v) is 8.78. The summed E-state index contributed by atoms with van der Waals surface area (Å²) in [7, 11) is -2.37. The van der Waals surface area contributed by atoms with E-state index in [0.717, 1.165) is 0 Å². The molecule has 3 rings (SSSR count). The lowest BCUT2D eigenvalue weighted by molar-refractivity contribution is 0.588. The summed E-state index contributed by atoms with van der Waals surface area (Å²) < 4.78 is 27.2. The van der Waals surface area contributed by atoms with Crippen molar-refractivity contribution in [3.63, 3.8) is 0 Å². The van der Waals surface area contributed by atoms with Gasteiger partial charge in [0.1, 0.15) is 12.7 Å². The number of aromatic nitrogens is 4. The summed E-state index contributed by atoms with van der Waals surface area (Å²) in [6.07, 6.45) is 2.86. The highest BCUT2D eigenvalue weighted by atomic mass is 31.2. The predicted molar refractivity (Wildman–Crippen MR) is 79.7 cm³/mol. The van der Waals surface area contributed by atoms with Crippen LogP contribution in [0.25, 0.3) is 16.9 Å². The lowest BCUT2D eigenvalue weighted by Crippen LogP contribution is -2.05. The van der Waals surface area contributed by atoms with Crippen LogP contribution in [0.4, 0.5) is 10.3 Å². The zero-order valence-electron chi connectivity index (χ0n) is 11.5. The number of halogens is 1. The predicted octanol–water partition coefficient (Wildman–Crippen LogP) is 1.76. The highest BCUT2D eigenvalue weighted by Gasteiger charge is 2.15. The van der Waals surface area contributed by atoms with E-state index in [2.05, 4.69) is 15.1 Å². The normalized spacial score (nSPS) is 12.0. The first kappa shape index (κ1) is 13.7. The third-order valence-corrected chi connectivity index (χ3v) is 4.63. The molecule has 0 atom stereocenters. The smallest absolute Gasteiger partial charge is 0.238 e. The molecule has 0 saturated heterocycles. The van der Waals surface area contributed by atoms with Crippen LogP contribution in [0.15, 0.2) is 30.6 Å². The second-order valence-electron chi connectivity index (χ2n) is 5.04. The molecule has 0 spiro atoms. The van der Waals surface area contributed by atoms with E-state index in [1.807, 2.05) is 0 Å². The van der Waals surface area contributed by atoms with E-state index in [4.69, 9.17) is 5.73 Å². The molecule has 0 aliphatic heterocycles. The minimum atomic E-state index is -2.37. The van der Waals surface area contributed by atoms with Crippen molar-refractivity contribution in [1.82, 2.24) is 19.6 Å². The Kier molecular flexibility index (Phi) is 3.02. The fourth-order valence-electron chi connectivity index (χ4n) is 2.00. The maximum Gasteiger partial charge on any atom is 0.238 e. The second-order valence-corrected chi connectivity index (χ2v) is 8.26. The molecule has 21 heavy (non-hydrogen) atoms. The topological polar surface area (TPSA) is 86.2 Å². The maximum atomic E-state index is 13.9. The molecule has 0 aliphatic rings. The fourth-order valence-corrected chi connectivity index (χ4v) is 2.77. The van der Waals surface area contributed by atoms with Crippen LogP contribution >= 0.6 is 7.14 Å². The van der Waals surface area contributed by atoms with Crippen molar-refractivity contribution in [2.45, 2.75) is 0 Å². The Hall–Kier alpha value is -2.27. The van der Waals surface area contributed by atoms with Gasteiger partial charge in [0.15, 0.2) is 5.82 Å². The van der Waals surface area contributed by atoms with Gasteiger partial charge in [0, 0.05) is 17.6 Å². The molecular formula is C13H13FN5OP. The van der Waals surface area contributed by atoms with Crippen molar-refractivity contribution in [1.29, 1.82) is 0 Å². The Morgan fingerprint density at radius 1 is 1.24 bits per heavy atom. The van der Waals surface area contributed by atoms with Crippen LogP contribution in [0.1, 0.15) is 0 Å². The summed E-state index contributed by atoms with van der Waals surface area (Å²) >= 11 is 0. The van der Waals surface area contributed by atoms with Crippen molar-refractivity contribution < 1.29 is 8.96 Å². The molecule has 0 radical (unpaired) electrons. The molecule has 0 fully saturated rings. The largest absolute Gasteiger partial charge is 0.367 e. The average Bonchev–Trinajstić information content (AvgIpc) is 2.75. The number of rotatable bonds is 2. The zero-order chi connectivity index (χ0) is 15.2. The lowest BCUT2D eigenvalue weighted by Gasteiger charge is -2.07. The van der Waals surface area contributed by atoms with Crippen molar-refractivity contribution in [2.24, 2.45) is 0 Å². The molecule has 3 aromatic heterocycles. The summed E-state index contributed by atoms with van der Waals surface area (Å²) in [5.74, 6) is -0.407. The van der Waals surface area contributed by atoms with Gasteiger partial charge >= 0.3 is 0 Å². The van der Waals surface area contributed by atoms with Crippen molar-refractivity contribution in [3.8, 4) is 11.4 Å². The molecule has 8 heteroatoms. The molecule has 3 aromatic rings. The van der Waals surface area contributed by atoms with Gasteiger partial charge in [-0.15, -0.1) is 5.10 Å². The van der Waals surface area contributed by atoms with Crippen LogP contribution in [-0.4, -0.2) is 32.9 Å². The van der Waals surface area contributed by atoms with Crippen molar-refractivity contribution in [3.05, 3.63) is 36.4 Å². The summed E-state index contributed by atoms with van der Waals surface area (Å²) in [5, 5.41) is 4.66. The van der Waals surface area contributed by atoms with Crippen LogP contribution in [0, 0.1) is 5.82 Å². The highest BCUT2D eigenvalue weighted by Crippen LogP contribution is 2.34. The molecule has 3 heterocycles. The molecule has 6 nitrogen and oxygen atoms in total. The minimum Gasteiger partial charge on any atom is -0.367 e. The Bertz CT molecular complexity index is 868. The Balaban J connectivity index is 2.17. The average molecular weight is 305 g/mol. The quantitative estimate of drug-likeness (QED) is 0.729. The van der Waals surface area contributed by atoms with Gasteiger partial charge in [-0.1, -0.05) is 0 Å². The molecule has 0 bridgehead atoms. The highest BCUT2D eigenvalue weighted by molar-refractivity contribution is 7.70. The number of hydrogen-bond donors (Lipinski definition) is 1. The number of anilines is 1. The van der Waals surface area contributed by atoms with E-state index in [0.29, 0.717) is 16.7 Å². The summed E-state index contributed by atoms with van der Waals surface area (Å²) in [6.45, 7) is 3.34. The Morgan fingerprint density at radius 2 is 2.00 bits per heavy atom. The third kappa shape index (κ3) is 2.40. The summed E-state index contributed by atoms with van der Waals surface area (Å²) in [6, 6.07) is 4.74. The fraction of sp³-hybridized carbons (Fsp3) is 0.154. The van der Waals surface area contributed by atoms with Crippen molar-refractivity contribution in [2.75, 3.05) is 19.1 Å². The summed E-state index contributed by atoms with van der Waals surface area (Å²) in [5.41, 5.74) is 6.74. The van der Waals surface area contributed by atoms with Gasteiger partial charge in [-0.3, -0.25) is 4.98 Å². The number of nitrogens with zero attached hydrogens (tertiary/aromatic N) is 4. The first-order valence-electron chi connectivity index (χ1n) is 6.18. The molecule has 0 unspecified atom stereocenters. The van der Waals surface area contributed by atoms with E-state index >= 15 is 0 Å². The number of hydrogen-bond acceptors (Lipinski definition) is 5. The third-order valence-electron chi connectivity index (χ3n) is 3.12. The minimum absolute atomic E-state index is 0.0441. The zero-order valence-corrected chi connectivity index (χ0v) is 12.4. The van der Waals surface area contributed by atoms with E-state index in [9.17, 15) is 8.96 Å². The van der Waals surface area contributed by atoms with Crippen LogP contribution in [0.2, 0.25) is 0 Å². The maximum absolute atomic E-state index is 13.9. The van der Waals surface area contributed by atoms with E-state index in [-0.39, 0.29) is 11.5 Å². The van der Waals surface area contributed by atoms with Crippen LogP contribution < -0.4 is 11.0 Å². The van der Waals surface area contributed by atoms with Gasteiger partial charge in [0.25, 0.3) is 0 Å². The first-order chi connectivity index (χ1) is 9.86. The Morgan fingerprint density at radius 3 is 2.62 bits per heavy atom. The molecule has 0 aromatic carbocycles. The second kappa shape index (κ2) is 4.63. The monoisotopic (exact) mass is 305 g/mol. The van der Waals surface area contributed by atoms with E-state index < -0.39 is 13.0 Å². The van der Waals surface area contributed by atoms with Crippen LogP contribution in [0.5, 0.6) is 0 Å². The van der Waals surface area contributed by atoms with Crippen LogP contribution in [-0.2, 0) is 4.57 Å². The van der Waals surface area contributed by atoms with Gasteiger partial charge in [-0.2, -0.15) is 0 Å². The molecule has 108 valence electrons. The Labute approximate surface area is 120 Å². The molecule has 0 saturated carbocycles.